The molecule has 3 aromatic rings. The molecular weight excluding hydrogens is 379 g/mol. The summed E-state index contributed by atoms with van der Waals surface area (Å²) in [6, 6.07) is 14.9. The standard InChI is InChI=1S/C25H29FN2O2/c1-4-27-16-23(21-10-5-6-11-24(21)27)22(19-8-7-9-20(26)12-19)13-25(29)28-14-17(2)30-18(3)15-28/h5-12,16-18,22H,4,13-15H2,1-3H3/t17-,18-,22+/m0/s1. The molecule has 4 rings (SSSR count). The van der Waals surface area contributed by atoms with Gasteiger partial charge in [0.1, 0.15) is 5.82 Å². The number of halogens is 1. The van der Waals surface area contributed by atoms with Crippen LogP contribution in [-0.2, 0) is 16.1 Å². The highest BCUT2D eigenvalue weighted by molar-refractivity contribution is 5.86. The lowest BCUT2D eigenvalue weighted by atomic mass is 9.87. The molecule has 1 amide bonds. The number of aromatic nitrogens is 1. The van der Waals surface area contributed by atoms with Gasteiger partial charge in [0.05, 0.1) is 12.2 Å². The summed E-state index contributed by atoms with van der Waals surface area (Å²) in [7, 11) is 0. The molecule has 5 heteroatoms. The molecule has 0 bridgehead atoms. The summed E-state index contributed by atoms with van der Waals surface area (Å²) in [6.45, 7) is 8.12. The minimum Gasteiger partial charge on any atom is -0.372 e. The van der Waals surface area contributed by atoms with E-state index in [0.29, 0.717) is 19.5 Å². The number of nitrogens with zero attached hydrogens (tertiary/aromatic N) is 2. The molecule has 1 aromatic heterocycles. The van der Waals surface area contributed by atoms with Gasteiger partial charge < -0.3 is 14.2 Å². The van der Waals surface area contributed by atoms with Crippen molar-refractivity contribution >= 4 is 16.8 Å². The molecule has 158 valence electrons. The number of aryl methyl sites for hydroxylation is 1. The van der Waals surface area contributed by atoms with Crippen LogP contribution < -0.4 is 0 Å². The number of ether oxygens (including phenoxy) is 1. The number of hydrogen-bond acceptors (Lipinski definition) is 2. The Morgan fingerprint density at radius 1 is 1.13 bits per heavy atom. The molecule has 0 radical (unpaired) electrons. The number of hydrogen-bond donors (Lipinski definition) is 0. The molecule has 1 aliphatic heterocycles. The van der Waals surface area contributed by atoms with Gasteiger partial charge in [0, 0.05) is 49.1 Å². The Bertz CT molecular complexity index is 1030. The van der Waals surface area contributed by atoms with Crippen molar-refractivity contribution in [1.29, 1.82) is 0 Å². The first-order valence-corrected chi connectivity index (χ1v) is 10.7. The first-order valence-electron chi connectivity index (χ1n) is 10.7. The Hall–Kier alpha value is -2.66. The maximum atomic E-state index is 14.1. The van der Waals surface area contributed by atoms with Gasteiger partial charge in [-0.25, -0.2) is 4.39 Å². The van der Waals surface area contributed by atoms with Gasteiger partial charge in [-0.2, -0.15) is 0 Å². The van der Waals surface area contributed by atoms with E-state index in [9.17, 15) is 9.18 Å². The van der Waals surface area contributed by atoms with E-state index in [4.69, 9.17) is 4.74 Å². The second-order valence-corrected chi connectivity index (χ2v) is 8.26. The quantitative estimate of drug-likeness (QED) is 0.598. The number of rotatable bonds is 5. The van der Waals surface area contributed by atoms with Crippen LogP contribution in [0, 0.1) is 5.82 Å². The zero-order valence-corrected chi connectivity index (χ0v) is 17.8. The number of amides is 1. The Labute approximate surface area is 177 Å². The fourth-order valence-corrected chi connectivity index (χ4v) is 4.63. The highest BCUT2D eigenvalue weighted by atomic mass is 19.1. The van der Waals surface area contributed by atoms with Crippen molar-refractivity contribution < 1.29 is 13.9 Å². The number of para-hydroxylation sites is 1. The molecule has 3 atom stereocenters. The third-order valence-electron chi connectivity index (χ3n) is 5.94. The van der Waals surface area contributed by atoms with Crippen LogP contribution >= 0.6 is 0 Å². The van der Waals surface area contributed by atoms with Crippen LogP contribution in [0.25, 0.3) is 10.9 Å². The normalized spacial score (nSPS) is 20.5. The number of carbonyl (C=O) groups excluding carboxylic acids is 1. The topological polar surface area (TPSA) is 34.5 Å². The average Bonchev–Trinajstić information content (AvgIpc) is 3.10. The predicted octanol–water partition coefficient (Wildman–Crippen LogP) is 4.96. The lowest BCUT2D eigenvalue weighted by Crippen LogP contribution is -2.48. The second-order valence-electron chi connectivity index (χ2n) is 8.26. The zero-order valence-electron chi connectivity index (χ0n) is 17.8. The summed E-state index contributed by atoms with van der Waals surface area (Å²) in [5.41, 5.74) is 3.04. The van der Waals surface area contributed by atoms with E-state index in [2.05, 4.69) is 29.8 Å². The molecule has 30 heavy (non-hydrogen) atoms. The van der Waals surface area contributed by atoms with Crippen molar-refractivity contribution in [1.82, 2.24) is 9.47 Å². The van der Waals surface area contributed by atoms with Gasteiger partial charge in [0.15, 0.2) is 0 Å². The van der Waals surface area contributed by atoms with Gasteiger partial charge in [-0.1, -0.05) is 30.3 Å². The van der Waals surface area contributed by atoms with Gasteiger partial charge >= 0.3 is 0 Å². The summed E-state index contributed by atoms with van der Waals surface area (Å²) in [6.07, 6.45) is 2.47. The van der Waals surface area contributed by atoms with E-state index in [1.807, 2.05) is 36.9 Å². The van der Waals surface area contributed by atoms with Crippen LogP contribution in [0.4, 0.5) is 4.39 Å². The van der Waals surface area contributed by atoms with Crippen LogP contribution in [0.5, 0.6) is 0 Å². The molecule has 2 heterocycles. The lowest BCUT2D eigenvalue weighted by Gasteiger charge is -2.36. The molecule has 0 unspecified atom stereocenters. The van der Waals surface area contributed by atoms with Gasteiger partial charge in [0.25, 0.3) is 0 Å². The van der Waals surface area contributed by atoms with Crippen molar-refractivity contribution in [3.8, 4) is 0 Å². The molecule has 1 aliphatic rings. The van der Waals surface area contributed by atoms with Crippen LogP contribution in [-0.4, -0.2) is 40.7 Å². The van der Waals surface area contributed by atoms with Crippen molar-refractivity contribution in [3.63, 3.8) is 0 Å². The maximum Gasteiger partial charge on any atom is 0.223 e. The second kappa shape index (κ2) is 8.60. The Morgan fingerprint density at radius 2 is 1.87 bits per heavy atom. The van der Waals surface area contributed by atoms with E-state index in [1.54, 1.807) is 12.1 Å². The van der Waals surface area contributed by atoms with Crippen molar-refractivity contribution in [3.05, 3.63) is 71.7 Å². The monoisotopic (exact) mass is 408 g/mol. The lowest BCUT2D eigenvalue weighted by molar-refractivity contribution is -0.143. The van der Waals surface area contributed by atoms with E-state index < -0.39 is 0 Å². The Balaban J connectivity index is 1.74. The summed E-state index contributed by atoms with van der Waals surface area (Å²) in [4.78, 5) is 15.2. The van der Waals surface area contributed by atoms with E-state index >= 15 is 0 Å². The molecule has 2 aromatic carbocycles. The van der Waals surface area contributed by atoms with Gasteiger partial charge in [-0.3, -0.25) is 4.79 Å². The minimum absolute atomic E-state index is 0.0207. The van der Waals surface area contributed by atoms with Crippen LogP contribution in [0.15, 0.2) is 54.7 Å². The fraction of sp³-hybridized carbons (Fsp3) is 0.400. The molecule has 0 spiro atoms. The maximum absolute atomic E-state index is 14.1. The molecule has 1 saturated heterocycles. The summed E-state index contributed by atoms with van der Waals surface area (Å²) < 4.78 is 22.1. The fourth-order valence-electron chi connectivity index (χ4n) is 4.63. The largest absolute Gasteiger partial charge is 0.372 e. The van der Waals surface area contributed by atoms with Gasteiger partial charge in [0.2, 0.25) is 5.91 Å². The first-order chi connectivity index (χ1) is 14.5. The number of benzene rings is 2. The van der Waals surface area contributed by atoms with Crippen LogP contribution in [0.1, 0.15) is 44.2 Å². The Morgan fingerprint density at radius 3 is 2.57 bits per heavy atom. The summed E-state index contributed by atoms with van der Waals surface area (Å²) in [5.74, 6) is -0.406. The van der Waals surface area contributed by atoms with Crippen molar-refractivity contribution in [2.45, 2.75) is 51.9 Å². The smallest absolute Gasteiger partial charge is 0.223 e. The van der Waals surface area contributed by atoms with E-state index in [-0.39, 0.29) is 29.9 Å². The third kappa shape index (κ3) is 4.12. The van der Waals surface area contributed by atoms with E-state index in [1.165, 1.54) is 6.07 Å². The van der Waals surface area contributed by atoms with Crippen molar-refractivity contribution in [2.24, 2.45) is 0 Å². The first kappa shape index (κ1) is 20.6. The van der Waals surface area contributed by atoms with Crippen LogP contribution in [0.3, 0.4) is 0 Å². The number of fused-ring (bicyclic) bond motifs is 1. The minimum atomic E-state index is -0.280. The highest BCUT2D eigenvalue weighted by Gasteiger charge is 2.29. The SMILES string of the molecule is CCn1cc([C@H](CC(=O)N2C[C@H](C)O[C@@H](C)C2)c2cccc(F)c2)c2ccccc21. The molecule has 0 N–H and O–H groups in total. The van der Waals surface area contributed by atoms with Crippen molar-refractivity contribution in [2.75, 3.05) is 13.1 Å². The Kier molecular flexibility index (Phi) is 5.91. The van der Waals surface area contributed by atoms with E-state index in [0.717, 1.165) is 28.6 Å². The van der Waals surface area contributed by atoms with Gasteiger partial charge in [-0.15, -0.1) is 0 Å². The predicted molar refractivity (Wildman–Crippen MR) is 117 cm³/mol. The molecule has 0 saturated carbocycles. The zero-order chi connectivity index (χ0) is 21.3. The molecular formula is C25H29FN2O2. The summed E-state index contributed by atoms with van der Waals surface area (Å²) in [5, 5.41) is 1.12. The highest BCUT2D eigenvalue weighted by Crippen LogP contribution is 2.35. The molecule has 4 nitrogen and oxygen atoms in total. The number of morpholine rings is 1. The molecule has 0 aliphatic carbocycles. The number of carbonyl (C=O) groups is 1. The average molecular weight is 409 g/mol. The van der Waals surface area contributed by atoms with Crippen LogP contribution in [0.2, 0.25) is 0 Å². The summed E-state index contributed by atoms with van der Waals surface area (Å²) >= 11 is 0. The van der Waals surface area contributed by atoms with Gasteiger partial charge in [-0.05, 0) is 50.1 Å². The third-order valence-corrected chi connectivity index (χ3v) is 5.94. The molecule has 1 fully saturated rings.